The minimum atomic E-state index is -0.559. The zero-order chi connectivity index (χ0) is 20.6. The molecule has 3 aromatic rings. The predicted octanol–water partition coefficient (Wildman–Crippen LogP) is 3.42. The Morgan fingerprint density at radius 3 is 2.45 bits per heavy atom. The normalized spacial score (nSPS) is 10.3. The van der Waals surface area contributed by atoms with Gasteiger partial charge in [-0.2, -0.15) is 0 Å². The average molecular weight is 411 g/mol. The van der Waals surface area contributed by atoms with Gasteiger partial charge >= 0.3 is 5.97 Å². The highest BCUT2D eigenvalue weighted by atomic mass is 35.5. The topological polar surface area (TPSA) is 84.4 Å². The van der Waals surface area contributed by atoms with Crippen LogP contribution in [0.3, 0.4) is 0 Å². The highest BCUT2D eigenvalue weighted by Gasteiger charge is 2.13. The lowest BCUT2D eigenvalue weighted by Crippen LogP contribution is -2.30. The fourth-order valence-corrected chi connectivity index (χ4v) is 2.73. The van der Waals surface area contributed by atoms with E-state index in [0.717, 1.165) is 11.1 Å². The summed E-state index contributed by atoms with van der Waals surface area (Å²) in [6.45, 7) is -0.466. The van der Waals surface area contributed by atoms with E-state index in [-0.39, 0.29) is 18.3 Å². The van der Waals surface area contributed by atoms with E-state index in [1.165, 1.54) is 0 Å². The lowest BCUT2D eigenvalue weighted by molar-refractivity contribution is -0.145. The van der Waals surface area contributed by atoms with Gasteiger partial charge in [-0.1, -0.05) is 60.1 Å². The van der Waals surface area contributed by atoms with Crippen molar-refractivity contribution >= 4 is 35.0 Å². The van der Waals surface area contributed by atoms with Crippen molar-refractivity contribution in [3.63, 3.8) is 0 Å². The summed E-state index contributed by atoms with van der Waals surface area (Å²) in [7, 11) is 1.66. The van der Waals surface area contributed by atoms with Crippen LogP contribution in [0.5, 0.6) is 0 Å². The third-order valence-electron chi connectivity index (χ3n) is 4.03. The number of para-hydroxylation sites is 1. The van der Waals surface area contributed by atoms with Gasteiger partial charge in [-0.05, 0) is 23.8 Å². The molecule has 1 amide bonds. The van der Waals surface area contributed by atoms with E-state index in [0.29, 0.717) is 11.5 Å². The van der Waals surface area contributed by atoms with Crippen molar-refractivity contribution in [2.24, 2.45) is 0 Å². The molecule has 8 heteroatoms. The molecule has 1 N–H and O–H groups in total. The Kier molecular flexibility index (Phi) is 6.76. The Morgan fingerprint density at radius 1 is 1.00 bits per heavy atom. The average Bonchev–Trinajstić information content (AvgIpc) is 2.74. The van der Waals surface area contributed by atoms with Crippen molar-refractivity contribution in [1.82, 2.24) is 10.2 Å². The number of rotatable bonds is 7. The molecule has 0 radical (unpaired) electrons. The quantitative estimate of drug-likeness (QED) is 0.601. The number of halogens is 1. The van der Waals surface area contributed by atoms with Gasteiger partial charge in [0.2, 0.25) is 0 Å². The summed E-state index contributed by atoms with van der Waals surface area (Å²) in [5, 5.41) is 10.6. The van der Waals surface area contributed by atoms with Crippen LogP contribution in [-0.2, 0) is 14.3 Å². The summed E-state index contributed by atoms with van der Waals surface area (Å²) in [5.74, 6) is -0.515. The molecule has 7 nitrogen and oxygen atoms in total. The molecule has 0 bridgehead atoms. The Morgan fingerprint density at radius 2 is 1.72 bits per heavy atom. The van der Waals surface area contributed by atoms with Crippen molar-refractivity contribution in [3.05, 3.63) is 71.9 Å². The fourth-order valence-electron chi connectivity index (χ4n) is 2.63. The molecule has 3 rings (SSSR count). The van der Waals surface area contributed by atoms with E-state index in [9.17, 15) is 9.59 Å². The van der Waals surface area contributed by atoms with Gasteiger partial charge in [0.1, 0.15) is 6.54 Å². The van der Waals surface area contributed by atoms with Gasteiger partial charge in [-0.15, -0.1) is 10.2 Å². The van der Waals surface area contributed by atoms with Crippen molar-refractivity contribution in [1.29, 1.82) is 0 Å². The van der Waals surface area contributed by atoms with Gasteiger partial charge in [0.05, 0.1) is 0 Å². The number of amides is 1. The summed E-state index contributed by atoms with van der Waals surface area (Å²) >= 11 is 5.70. The third kappa shape index (κ3) is 5.76. The van der Waals surface area contributed by atoms with Crippen molar-refractivity contribution in [2.75, 3.05) is 30.4 Å². The summed E-state index contributed by atoms with van der Waals surface area (Å²) in [4.78, 5) is 25.8. The Labute approximate surface area is 173 Å². The van der Waals surface area contributed by atoms with E-state index in [4.69, 9.17) is 16.3 Å². The maximum absolute atomic E-state index is 12.3. The SMILES string of the molecule is CN(CC(=O)OCC(=O)Nc1ccccc1-c1ccccc1)c1ccc(Cl)nn1. The highest BCUT2D eigenvalue weighted by Crippen LogP contribution is 2.27. The monoisotopic (exact) mass is 410 g/mol. The number of hydrogen-bond donors (Lipinski definition) is 1. The van der Waals surface area contributed by atoms with E-state index >= 15 is 0 Å². The first-order chi connectivity index (χ1) is 14.0. The van der Waals surface area contributed by atoms with Crippen LogP contribution in [0.15, 0.2) is 66.7 Å². The second kappa shape index (κ2) is 9.66. The molecule has 0 aliphatic rings. The smallest absolute Gasteiger partial charge is 0.326 e. The summed E-state index contributed by atoms with van der Waals surface area (Å²) in [6, 6.07) is 20.4. The largest absolute Gasteiger partial charge is 0.454 e. The van der Waals surface area contributed by atoms with E-state index in [1.54, 1.807) is 30.1 Å². The molecule has 148 valence electrons. The molecule has 1 aromatic heterocycles. The van der Waals surface area contributed by atoms with E-state index < -0.39 is 11.9 Å². The Hall–Kier alpha value is -3.45. The lowest BCUT2D eigenvalue weighted by atomic mass is 10.0. The number of aromatic nitrogens is 2. The molecule has 0 fully saturated rings. The van der Waals surface area contributed by atoms with Crippen LogP contribution in [0.25, 0.3) is 11.1 Å². The summed E-state index contributed by atoms with van der Waals surface area (Å²) < 4.78 is 5.07. The summed E-state index contributed by atoms with van der Waals surface area (Å²) in [6.07, 6.45) is 0. The second-order valence-electron chi connectivity index (χ2n) is 6.19. The van der Waals surface area contributed by atoms with Gasteiger partial charge in [0.15, 0.2) is 17.6 Å². The molecular formula is C21H19ClN4O3. The first-order valence-corrected chi connectivity index (χ1v) is 9.21. The molecule has 0 aliphatic carbocycles. The molecule has 0 spiro atoms. The molecule has 0 atom stereocenters. The molecule has 0 aliphatic heterocycles. The minimum Gasteiger partial charge on any atom is -0.454 e. The van der Waals surface area contributed by atoms with Crippen LogP contribution < -0.4 is 10.2 Å². The van der Waals surface area contributed by atoms with Crippen LogP contribution in [0, 0.1) is 0 Å². The first-order valence-electron chi connectivity index (χ1n) is 8.83. The predicted molar refractivity (Wildman–Crippen MR) is 112 cm³/mol. The number of nitrogens with one attached hydrogen (secondary N) is 1. The number of esters is 1. The van der Waals surface area contributed by atoms with Gasteiger partial charge in [0.25, 0.3) is 5.91 Å². The zero-order valence-corrected chi connectivity index (χ0v) is 16.5. The number of carbonyl (C=O) groups excluding carboxylic acids is 2. The number of hydrogen-bond acceptors (Lipinski definition) is 6. The van der Waals surface area contributed by atoms with Crippen LogP contribution in [-0.4, -0.2) is 42.3 Å². The maximum Gasteiger partial charge on any atom is 0.326 e. The third-order valence-corrected chi connectivity index (χ3v) is 4.23. The Bertz CT molecular complexity index is 981. The molecular weight excluding hydrogens is 392 g/mol. The number of anilines is 2. The standard InChI is InChI=1S/C21H19ClN4O3/c1-26(19-12-11-18(22)24-25-19)13-21(28)29-14-20(27)23-17-10-6-5-9-16(17)15-7-3-2-4-8-15/h2-12H,13-14H2,1H3,(H,23,27). The fraction of sp³-hybridized carbons (Fsp3) is 0.143. The molecule has 1 heterocycles. The minimum absolute atomic E-state index is 0.0792. The number of likely N-dealkylation sites (N-methyl/N-ethyl adjacent to an activating group) is 1. The molecule has 0 unspecified atom stereocenters. The van der Waals surface area contributed by atoms with Crippen molar-refractivity contribution in [3.8, 4) is 11.1 Å². The zero-order valence-electron chi connectivity index (χ0n) is 15.7. The molecule has 29 heavy (non-hydrogen) atoms. The number of benzene rings is 2. The summed E-state index contributed by atoms with van der Waals surface area (Å²) in [5.41, 5.74) is 2.51. The Balaban J connectivity index is 1.54. The second-order valence-corrected chi connectivity index (χ2v) is 6.58. The first kappa shape index (κ1) is 20.3. The van der Waals surface area contributed by atoms with Crippen LogP contribution in [0.2, 0.25) is 5.15 Å². The maximum atomic E-state index is 12.3. The molecule has 0 saturated heterocycles. The number of ether oxygens (including phenoxy) is 1. The van der Waals surface area contributed by atoms with Gasteiger partial charge < -0.3 is 15.0 Å². The van der Waals surface area contributed by atoms with Crippen molar-refractivity contribution in [2.45, 2.75) is 0 Å². The van der Waals surface area contributed by atoms with Gasteiger partial charge in [-0.25, -0.2) is 0 Å². The van der Waals surface area contributed by atoms with Crippen LogP contribution in [0.4, 0.5) is 11.5 Å². The van der Waals surface area contributed by atoms with Crippen molar-refractivity contribution < 1.29 is 14.3 Å². The number of carbonyl (C=O) groups is 2. The molecule has 0 saturated carbocycles. The lowest BCUT2D eigenvalue weighted by Gasteiger charge is -2.16. The van der Waals surface area contributed by atoms with Crippen LogP contribution in [0.1, 0.15) is 0 Å². The highest BCUT2D eigenvalue weighted by molar-refractivity contribution is 6.29. The van der Waals surface area contributed by atoms with Gasteiger partial charge in [0, 0.05) is 18.3 Å². The number of nitrogens with zero attached hydrogens (tertiary/aromatic N) is 3. The molecule has 2 aromatic carbocycles. The van der Waals surface area contributed by atoms with Crippen LogP contribution >= 0.6 is 11.6 Å². The van der Waals surface area contributed by atoms with E-state index in [1.807, 2.05) is 48.5 Å². The van der Waals surface area contributed by atoms with E-state index in [2.05, 4.69) is 15.5 Å². The van der Waals surface area contributed by atoms with Gasteiger partial charge in [-0.3, -0.25) is 9.59 Å².